The van der Waals surface area contributed by atoms with Crippen molar-refractivity contribution in [2.75, 3.05) is 5.32 Å². The summed E-state index contributed by atoms with van der Waals surface area (Å²) in [5, 5.41) is 2.49. The van der Waals surface area contributed by atoms with Gasteiger partial charge in [0.2, 0.25) is 5.91 Å². The van der Waals surface area contributed by atoms with Gasteiger partial charge in [-0.15, -0.1) is 0 Å². The van der Waals surface area contributed by atoms with E-state index in [9.17, 15) is 19.2 Å². The Balaban J connectivity index is 2.26. The average Bonchev–Trinajstić information content (AvgIpc) is 2.45. The topological polar surface area (TPSA) is 127 Å². The largest absolute Gasteiger partial charge is 0.366 e. The number of H-pyrrole nitrogens is 1. The standard InChI is InChI=1S/C13H12N4O4/c1-17-12(20)9(6-15-13(17)21)11(19)16-8-4-2-7(3-5-8)10(14)18/h2-6H,1H3,(H2,14,18)(H,15,21)(H,16,19). The molecule has 108 valence electrons. The van der Waals surface area contributed by atoms with Crippen LogP contribution in [0.2, 0.25) is 0 Å². The summed E-state index contributed by atoms with van der Waals surface area (Å²) in [6.45, 7) is 0. The number of benzene rings is 1. The van der Waals surface area contributed by atoms with Gasteiger partial charge in [0, 0.05) is 24.5 Å². The normalized spacial score (nSPS) is 10.1. The highest BCUT2D eigenvalue weighted by Crippen LogP contribution is 2.09. The summed E-state index contributed by atoms with van der Waals surface area (Å²) in [5.74, 6) is -1.25. The molecule has 0 saturated carbocycles. The maximum atomic E-state index is 12.0. The van der Waals surface area contributed by atoms with Crippen LogP contribution in [0.15, 0.2) is 40.1 Å². The first-order chi connectivity index (χ1) is 9.90. The second-order valence-electron chi connectivity index (χ2n) is 4.27. The average molecular weight is 288 g/mol. The molecule has 0 radical (unpaired) electrons. The van der Waals surface area contributed by atoms with Crippen LogP contribution in [0, 0.1) is 0 Å². The number of amides is 2. The number of nitrogens with zero attached hydrogens (tertiary/aromatic N) is 1. The Morgan fingerprint density at radius 3 is 2.38 bits per heavy atom. The van der Waals surface area contributed by atoms with Crippen LogP contribution < -0.4 is 22.3 Å². The second kappa shape index (κ2) is 5.45. The van der Waals surface area contributed by atoms with E-state index >= 15 is 0 Å². The smallest absolute Gasteiger partial charge is 0.328 e. The lowest BCUT2D eigenvalue weighted by molar-refractivity contribution is 0.0998. The molecular weight excluding hydrogens is 276 g/mol. The zero-order valence-corrected chi connectivity index (χ0v) is 11.0. The van der Waals surface area contributed by atoms with Gasteiger partial charge in [0.15, 0.2) is 0 Å². The third kappa shape index (κ3) is 2.89. The molecule has 1 aromatic heterocycles. The summed E-state index contributed by atoms with van der Waals surface area (Å²) in [6.07, 6.45) is 1.05. The molecule has 8 nitrogen and oxygen atoms in total. The highest BCUT2D eigenvalue weighted by molar-refractivity contribution is 6.04. The molecule has 1 aromatic carbocycles. The molecule has 21 heavy (non-hydrogen) atoms. The van der Waals surface area contributed by atoms with Crippen molar-refractivity contribution in [2.24, 2.45) is 12.8 Å². The second-order valence-corrected chi connectivity index (χ2v) is 4.27. The van der Waals surface area contributed by atoms with Gasteiger partial charge < -0.3 is 16.0 Å². The number of hydrogen-bond acceptors (Lipinski definition) is 4. The minimum atomic E-state index is -0.704. The summed E-state index contributed by atoms with van der Waals surface area (Å²) in [5.41, 5.74) is 4.28. The van der Waals surface area contributed by atoms with E-state index in [0.29, 0.717) is 11.3 Å². The molecule has 0 bridgehead atoms. The number of nitrogens with two attached hydrogens (primary N) is 1. The van der Waals surface area contributed by atoms with Crippen molar-refractivity contribution in [1.29, 1.82) is 0 Å². The van der Waals surface area contributed by atoms with E-state index in [1.807, 2.05) is 0 Å². The summed E-state index contributed by atoms with van der Waals surface area (Å²) in [4.78, 5) is 48.2. The van der Waals surface area contributed by atoms with E-state index in [2.05, 4.69) is 10.3 Å². The van der Waals surface area contributed by atoms with Gasteiger partial charge in [0.25, 0.3) is 11.5 Å². The molecule has 4 N–H and O–H groups in total. The lowest BCUT2D eigenvalue weighted by Crippen LogP contribution is -2.37. The summed E-state index contributed by atoms with van der Waals surface area (Å²) < 4.78 is 0.797. The van der Waals surface area contributed by atoms with Gasteiger partial charge in [-0.25, -0.2) is 4.79 Å². The van der Waals surface area contributed by atoms with Crippen LogP contribution in [0.5, 0.6) is 0 Å². The number of primary amides is 1. The van der Waals surface area contributed by atoms with Crippen LogP contribution in [0.4, 0.5) is 5.69 Å². The van der Waals surface area contributed by atoms with E-state index < -0.39 is 23.1 Å². The highest BCUT2D eigenvalue weighted by atomic mass is 16.2. The number of aromatic nitrogens is 2. The minimum absolute atomic E-state index is 0.198. The van der Waals surface area contributed by atoms with Gasteiger partial charge in [0.1, 0.15) is 5.56 Å². The van der Waals surface area contributed by atoms with Crippen molar-refractivity contribution in [3.63, 3.8) is 0 Å². The Morgan fingerprint density at radius 1 is 1.19 bits per heavy atom. The van der Waals surface area contributed by atoms with Gasteiger partial charge >= 0.3 is 5.69 Å². The van der Waals surface area contributed by atoms with Gasteiger partial charge in [0.05, 0.1) is 0 Å². The van der Waals surface area contributed by atoms with Crippen molar-refractivity contribution in [3.05, 3.63) is 62.4 Å². The van der Waals surface area contributed by atoms with E-state index in [-0.39, 0.29) is 5.56 Å². The fraction of sp³-hybridized carbons (Fsp3) is 0.0769. The lowest BCUT2D eigenvalue weighted by Gasteiger charge is -2.06. The summed E-state index contributed by atoms with van der Waals surface area (Å²) in [6, 6.07) is 5.86. The molecule has 0 saturated heterocycles. The first-order valence-corrected chi connectivity index (χ1v) is 5.90. The van der Waals surface area contributed by atoms with E-state index in [0.717, 1.165) is 10.8 Å². The Bertz CT molecular complexity index is 817. The van der Waals surface area contributed by atoms with Crippen LogP contribution in [0.1, 0.15) is 20.7 Å². The number of anilines is 1. The zero-order valence-electron chi connectivity index (χ0n) is 11.0. The quantitative estimate of drug-likeness (QED) is 0.698. The fourth-order valence-corrected chi connectivity index (χ4v) is 1.64. The molecular formula is C13H12N4O4. The van der Waals surface area contributed by atoms with Crippen molar-refractivity contribution >= 4 is 17.5 Å². The fourth-order valence-electron chi connectivity index (χ4n) is 1.64. The number of nitrogens with one attached hydrogen (secondary N) is 2. The van der Waals surface area contributed by atoms with Crippen molar-refractivity contribution in [3.8, 4) is 0 Å². The van der Waals surface area contributed by atoms with Crippen molar-refractivity contribution in [2.45, 2.75) is 0 Å². The SMILES string of the molecule is Cn1c(=O)[nH]cc(C(=O)Nc2ccc(C(N)=O)cc2)c1=O. The molecule has 0 unspecified atom stereocenters. The predicted octanol–water partition coefficient (Wildman–Crippen LogP) is -0.575. The first-order valence-electron chi connectivity index (χ1n) is 5.90. The van der Waals surface area contributed by atoms with Gasteiger partial charge in [-0.1, -0.05) is 0 Å². The van der Waals surface area contributed by atoms with E-state index in [1.165, 1.54) is 31.3 Å². The molecule has 0 aliphatic heterocycles. The van der Waals surface area contributed by atoms with Crippen LogP contribution in [-0.4, -0.2) is 21.4 Å². The van der Waals surface area contributed by atoms with Gasteiger partial charge in [-0.3, -0.25) is 19.0 Å². The van der Waals surface area contributed by atoms with E-state index in [4.69, 9.17) is 5.73 Å². The van der Waals surface area contributed by atoms with Gasteiger partial charge in [-0.05, 0) is 24.3 Å². The molecule has 0 atom stereocenters. The molecule has 0 aliphatic carbocycles. The molecule has 0 aliphatic rings. The maximum Gasteiger partial charge on any atom is 0.328 e. The summed E-state index contributed by atoms with van der Waals surface area (Å²) in [7, 11) is 1.26. The third-order valence-corrected chi connectivity index (χ3v) is 2.85. The maximum absolute atomic E-state index is 12.0. The van der Waals surface area contributed by atoms with Gasteiger partial charge in [-0.2, -0.15) is 0 Å². The Hall–Kier alpha value is -3.16. The number of hydrogen-bond donors (Lipinski definition) is 3. The number of aromatic amines is 1. The van der Waals surface area contributed by atoms with Crippen LogP contribution in [0.3, 0.4) is 0 Å². The molecule has 2 amide bonds. The molecule has 1 heterocycles. The van der Waals surface area contributed by atoms with Crippen molar-refractivity contribution < 1.29 is 9.59 Å². The zero-order chi connectivity index (χ0) is 15.6. The molecule has 0 fully saturated rings. The lowest BCUT2D eigenvalue weighted by atomic mass is 10.2. The number of rotatable bonds is 3. The Morgan fingerprint density at radius 2 is 1.81 bits per heavy atom. The minimum Gasteiger partial charge on any atom is -0.366 e. The van der Waals surface area contributed by atoms with Crippen LogP contribution in [0.25, 0.3) is 0 Å². The summed E-state index contributed by atoms with van der Waals surface area (Å²) >= 11 is 0. The van der Waals surface area contributed by atoms with E-state index in [1.54, 1.807) is 0 Å². The number of carbonyl (C=O) groups is 2. The molecule has 8 heteroatoms. The van der Waals surface area contributed by atoms with Crippen molar-refractivity contribution in [1.82, 2.24) is 9.55 Å². The monoisotopic (exact) mass is 288 g/mol. The number of carbonyl (C=O) groups excluding carboxylic acids is 2. The van der Waals surface area contributed by atoms with Crippen LogP contribution >= 0.6 is 0 Å². The molecule has 0 spiro atoms. The third-order valence-electron chi connectivity index (χ3n) is 2.85. The Kier molecular flexibility index (Phi) is 3.70. The predicted molar refractivity (Wildman–Crippen MR) is 75.2 cm³/mol. The Labute approximate surface area is 118 Å². The highest BCUT2D eigenvalue weighted by Gasteiger charge is 2.13. The molecule has 2 rings (SSSR count). The first kappa shape index (κ1) is 14.3. The molecule has 2 aromatic rings. The van der Waals surface area contributed by atoms with Crippen LogP contribution in [-0.2, 0) is 7.05 Å².